The van der Waals surface area contributed by atoms with Gasteiger partial charge in [-0.2, -0.15) is 0 Å². The van der Waals surface area contributed by atoms with Crippen molar-refractivity contribution in [3.05, 3.63) is 40.7 Å². The van der Waals surface area contributed by atoms with E-state index < -0.39 is 23.7 Å². The van der Waals surface area contributed by atoms with Crippen LogP contribution in [0.5, 0.6) is 5.75 Å². The fourth-order valence-corrected chi connectivity index (χ4v) is 5.94. The van der Waals surface area contributed by atoms with E-state index in [0.29, 0.717) is 18.3 Å². The zero-order valence-corrected chi connectivity index (χ0v) is 19.2. The third-order valence-corrected chi connectivity index (χ3v) is 7.58. The molecule has 1 aliphatic heterocycles. The summed E-state index contributed by atoms with van der Waals surface area (Å²) in [4.78, 5) is 38.3. The monoisotopic (exact) mass is 455 g/mol. The summed E-state index contributed by atoms with van der Waals surface area (Å²) in [6.07, 6.45) is 8.48. The van der Waals surface area contributed by atoms with Gasteiger partial charge >= 0.3 is 5.97 Å². The molecule has 1 saturated heterocycles. The molecule has 0 N–H and O–H groups in total. The Morgan fingerprint density at radius 1 is 1.24 bits per heavy atom. The van der Waals surface area contributed by atoms with E-state index in [-0.39, 0.29) is 35.6 Å². The third-order valence-electron chi connectivity index (χ3n) is 7.58. The van der Waals surface area contributed by atoms with Crippen molar-refractivity contribution >= 4 is 17.7 Å². The molecule has 3 fully saturated rings. The van der Waals surface area contributed by atoms with Crippen molar-refractivity contribution < 1.29 is 28.2 Å². The smallest absolute Gasteiger partial charge is 0.329 e. The molecule has 3 aliphatic carbocycles. The molecule has 0 aromatic heterocycles. The predicted molar refractivity (Wildman–Crippen MR) is 118 cm³/mol. The van der Waals surface area contributed by atoms with Gasteiger partial charge in [-0.05, 0) is 62.0 Å². The summed E-state index contributed by atoms with van der Waals surface area (Å²) in [6, 6.07) is 1.88. The van der Waals surface area contributed by atoms with Gasteiger partial charge < -0.3 is 14.4 Å². The number of ether oxygens (including phenoxy) is 2. The summed E-state index contributed by atoms with van der Waals surface area (Å²) in [7, 11) is 1.21. The number of hydrogen-bond donors (Lipinski definition) is 0. The molecule has 4 aliphatic rings. The number of carbonyl (C=O) groups is 3. The Balaban J connectivity index is 1.39. The highest BCUT2D eigenvalue weighted by Crippen LogP contribution is 2.51. The van der Waals surface area contributed by atoms with E-state index in [9.17, 15) is 14.4 Å². The lowest BCUT2D eigenvalue weighted by Gasteiger charge is -2.36. The van der Waals surface area contributed by atoms with E-state index >= 15 is 4.39 Å². The minimum atomic E-state index is -1.01. The molecule has 7 heteroatoms. The summed E-state index contributed by atoms with van der Waals surface area (Å²) in [6.45, 7) is 2.59. The number of nitrogens with zero attached hydrogens (tertiary/aromatic N) is 1. The molecular weight excluding hydrogens is 425 g/mol. The lowest BCUT2D eigenvalue weighted by atomic mass is 9.72. The summed E-state index contributed by atoms with van der Waals surface area (Å²) < 4.78 is 26.2. The number of amides is 1. The van der Waals surface area contributed by atoms with Gasteiger partial charge in [0.15, 0.2) is 5.78 Å². The Morgan fingerprint density at radius 3 is 2.76 bits per heavy atom. The first-order valence-corrected chi connectivity index (χ1v) is 11.8. The highest BCUT2D eigenvalue weighted by Gasteiger charge is 2.43. The van der Waals surface area contributed by atoms with Crippen LogP contribution in [-0.4, -0.2) is 48.9 Å². The maximum atomic E-state index is 15.2. The number of carbonyl (C=O) groups excluding carboxylic acids is 3. The second kappa shape index (κ2) is 8.26. The van der Waals surface area contributed by atoms with Gasteiger partial charge in [0.1, 0.15) is 17.6 Å². The fraction of sp³-hybridized carbons (Fsp3) is 0.577. The van der Waals surface area contributed by atoms with Crippen molar-refractivity contribution in [1.82, 2.24) is 4.90 Å². The molecule has 1 amide bonds. The maximum Gasteiger partial charge on any atom is 0.329 e. The quantitative estimate of drug-likeness (QED) is 0.475. The Bertz CT molecular complexity index is 1050. The molecule has 5 rings (SSSR count). The molecule has 2 unspecified atom stereocenters. The summed E-state index contributed by atoms with van der Waals surface area (Å²) >= 11 is 0. The molecule has 3 atom stereocenters. The van der Waals surface area contributed by atoms with Crippen LogP contribution in [0, 0.1) is 17.2 Å². The van der Waals surface area contributed by atoms with Crippen molar-refractivity contribution in [1.29, 1.82) is 0 Å². The van der Waals surface area contributed by atoms with Crippen LogP contribution in [-0.2, 0) is 14.3 Å². The maximum absolute atomic E-state index is 15.2. The average Bonchev–Trinajstić information content (AvgIpc) is 3.48. The summed E-state index contributed by atoms with van der Waals surface area (Å²) in [5, 5.41) is 0. The standard InChI is InChI=1S/C26H30FNO5/c1-15-7-16-5-6-26(11-15,12-16)14-33-23-10-21(27)20(9-19(23)17-3-4-17)24(30)28-13-18(29)8-22(28)25(31)32-2/h5,9-10,15,17,22H,3-4,6-8,11-14H2,1-2H3/t15?,22-,26?/m0/s1. The highest BCUT2D eigenvalue weighted by molar-refractivity contribution is 6.03. The van der Waals surface area contributed by atoms with E-state index in [0.717, 1.165) is 49.0 Å². The number of Topliss-reactive ketones (excluding diaryl/α,β-unsaturated/α-hetero) is 1. The van der Waals surface area contributed by atoms with Gasteiger partial charge in [-0.15, -0.1) is 0 Å². The van der Waals surface area contributed by atoms with Gasteiger partial charge in [-0.3, -0.25) is 9.59 Å². The SMILES string of the molecule is COC(=O)[C@@H]1CC(=O)CN1C(=O)c1cc(C2CC2)c(OCC23CC=C(CC(C)C2)C3)cc1F. The van der Waals surface area contributed by atoms with Gasteiger partial charge in [0, 0.05) is 17.9 Å². The van der Waals surface area contributed by atoms with E-state index in [1.165, 1.54) is 18.7 Å². The van der Waals surface area contributed by atoms with Crippen LogP contribution in [0.1, 0.15) is 73.7 Å². The Hall–Kier alpha value is -2.70. The first-order chi connectivity index (χ1) is 15.8. The lowest BCUT2D eigenvalue weighted by molar-refractivity contribution is -0.145. The van der Waals surface area contributed by atoms with Crippen molar-refractivity contribution in [2.24, 2.45) is 11.3 Å². The van der Waals surface area contributed by atoms with Crippen LogP contribution < -0.4 is 4.74 Å². The molecule has 1 aromatic carbocycles. The molecule has 1 aromatic rings. The topological polar surface area (TPSA) is 72.9 Å². The first kappa shape index (κ1) is 22.1. The van der Waals surface area contributed by atoms with E-state index in [1.54, 1.807) is 6.07 Å². The van der Waals surface area contributed by atoms with Crippen LogP contribution in [0.15, 0.2) is 23.8 Å². The summed E-state index contributed by atoms with van der Waals surface area (Å²) in [5.74, 6) is -0.886. The molecule has 2 saturated carbocycles. The molecule has 0 radical (unpaired) electrons. The molecule has 33 heavy (non-hydrogen) atoms. The van der Waals surface area contributed by atoms with E-state index in [2.05, 4.69) is 13.0 Å². The molecule has 176 valence electrons. The van der Waals surface area contributed by atoms with Crippen LogP contribution in [0.2, 0.25) is 0 Å². The second-order valence-corrected chi connectivity index (χ2v) is 10.4. The minimum Gasteiger partial charge on any atom is -0.493 e. The van der Waals surface area contributed by atoms with E-state index in [1.807, 2.05) is 0 Å². The lowest BCUT2D eigenvalue weighted by Crippen LogP contribution is -2.41. The molecular formula is C26H30FNO5. The number of rotatable bonds is 6. The number of allylic oxidation sites excluding steroid dienone is 2. The van der Waals surface area contributed by atoms with Crippen LogP contribution in [0.3, 0.4) is 0 Å². The molecule has 1 heterocycles. The number of fused-ring (bicyclic) bond motifs is 2. The number of halogens is 1. The predicted octanol–water partition coefficient (Wildman–Crippen LogP) is 4.18. The second-order valence-electron chi connectivity index (χ2n) is 10.4. The van der Waals surface area contributed by atoms with Crippen LogP contribution in [0.25, 0.3) is 0 Å². The number of esters is 1. The van der Waals surface area contributed by atoms with Gasteiger partial charge in [0.05, 0.1) is 25.8 Å². The Labute approximate surface area is 193 Å². The number of methoxy groups -OCH3 is 1. The van der Waals surface area contributed by atoms with Crippen LogP contribution in [0.4, 0.5) is 4.39 Å². The largest absolute Gasteiger partial charge is 0.493 e. The van der Waals surface area contributed by atoms with Crippen molar-refractivity contribution in [3.8, 4) is 5.75 Å². The highest BCUT2D eigenvalue weighted by atomic mass is 19.1. The van der Waals surface area contributed by atoms with Crippen molar-refractivity contribution in [3.63, 3.8) is 0 Å². The minimum absolute atomic E-state index is 0.0858. The normalized spacial score (nSPS) is 28.6. The van der Waals surface area contributed by atoms with Crippen molar-refractivity contribution in [2.45, 2.75) is 63.8 Å². The molecule has 0 spiro atoms. The summed E-state index contributed by atoms with van der Waals surface area (Å²) in [5.41, 5.74) is 2.31. The Morgan fingerprint density at radius 2 is 2.03 bits per heavy atom. The average molecular weight is 456 g/mol. The van der Waals surface area contributed by atoms with Crippen LogP contribution >= 0.6 is 0 Å². The number of ketones is 1. The third kappa shape index (κ3) is 4.18. The van der Waals surface area contributed by atoms with Gasteiger partial charge in [0.2, 0.25) is 0 Å². The zero-order valence-electron chi connectivity index (χ0n) is 19.2. The first-order valence-electron chi connectivity index (χ1n) is 11.8. The molecule has 2 bridgehead atoms. The number of likely N-dealkylation sites (tertiary alicyclic amines) is 1. The number of hydrogen-bond acceptors (Lipinski definition) is 5. The fourth-order valence-electron chi connectivity index (χ4n) is 5.94. The zero-order chi connectivity index (χ0) is 23.3. The van der Waals surface area contributed by atoms with Gasteiger partial charge in [0.25, 0.3) is 5.91 Å². The van der Waals surface area contributed by atoms with Gasteiger partial charge in [-0.25, -0.2) is 9.18 Å². The van der Waals surface area contributed by atoms with E-state index in [4.69, 9.17) is 9.47 Å². The van der Waals surface area contributed by atoms with Crippen molar-refractivity contribution in [2.75, 3.05) is 20.3 Å². The Kier molecular flexibility index (Phi) is 5.53. The molecule has 6 nitrogen and oxygen atoms in total. The van der Waals surface area contributed by atoms with Gasteiger partial charge in [-0.1, -0.05) is 18.6 Å². The number of benzene rings is 1.